The molecule has 1 fully saturated rings. The molecule has 20 heavy (non-hydrogen) atoms. The van der Waals surface area contributed by atoms with Crippen molar-refractivity contribution < 1.29 is 13.2 Å². The van der Waals surface area contributed by atoms with Crippen molar-refractivity contribution in [3.63, 3.8) is 0 Å². The van der Waals surface area contributed by atoms with Gasteiger partial charge in [0.05, 0.1) is 10.0 Å². The summed E-state index contributed by atoms with van der Waals surface area (Å²) in [6.07, 6.45) is 1.82. The maximum atomic E-state index is 12.0. The SMILES string of the molecule is CC1CC(NC(=O)c2cc(Cl)c(Cl)c(S(=O)(=O)Cl)c2)C1. The zero-order chi connectivity index (χ0) is 15.1. The Hall–Kier alpha value is -0.490. The van der Waals surface area contributed by atoms with E-state index in [0.717, 1.165) is 18.9 Å². The summed E-state index contributed by atoms with van der Waals surface area (Å²) in [5, 5.41) is 2.60. The van der Waals surface area contributed by atoms with Gasteiger partial charge in [-0.25, -0.2) is 8.42 Å². The molecule has 2 rings (SSSR count). The Bertz CT molecular complexity index is 654. The Kier molecular flexibility index (Phi) is 4.54. The van der Waals surface area contributed by atoms with Crippen molar-refractivity contribution in [3.05, 3.63) is 27.7 Å². The second-order valence-corrected chi connectivity index (χ2v) is 8.27. The summed E-state index contributed by atoms with van der Waals surface area (Å²) in [4.78, 5) is 11.7. The Morgan fingerprint density at radius 3 is 2.40 bits per heavy atom. The Labute approximate surface area is 131 Å². The molecule has 0 aliphatic heterocycles. The van der Waals surface area contributed by atoms with E-state index in [1.807, 2.05) is 0 Å². The second-order valence-electron chi connectivity index (χ2n) is 4.95. The number of rotatable bonds is 3. The molecule has 0 saturated heterocycles. The summed E-state index contributed by atoms with van der Waals surface area (Å²) < 4.78 is 22.8. The highest BCUT2D eigenvalue weighted by molar-refractivity contribution is 8.13. The molecule has 1 aromatic carbocycles. The van der Waals surface area contributed by atoms with Crippen molar-refractivity contribution in [2.24, 2.45) is 5.92 Å². The first-order chi connectivity index (χ1) is 9.18. The van der Waals surface area contributed by atoms with Crippen LogP contribution in [0.1, 0.15) is 30.1 Å². The number of hydrogen-bond acceptors (Lipinski definition) is 3. The van der Waals surface area contributed by atoms with Crippen molar-refractivity contribution in [2.75, 3.05) is 0 Å². The van der Waals surface area contributed by atoms with E-state index < -0.39 is 9.05 Å². The third-order valence-electron chi connectivity index (χ3n) is 3.23. The third-order valence-corrected chi connectivity index (χ3v) is 5.49. The normalized spacial score (nSPS) is 22.2. The number of carbonyl (C=O) groups excluding carboxylic acids is 1. The predicted octanol–water partition coefficient (Wildman–Crippen LogP) is 3.45. The van der Waals surface area contributed by atoms with Gasteiger partial charge in [-0.1, -0.05) is 30.1 Å². The van der Waals surface area contributed by atoms with Gasteiger partial charge in [0.25, 0.3) is 15.0 Å². The molecule has 110 valence electrons. The molecule has 0 atom stereocenters. The highest BCUT2D eigenvalue weighted by atomic mass is 35.7. The van der Waals surface area contributed by atoms with E-state index in [9.17, 15) is 13.2 Å². The van der Waals surface area contributed by atoms with Crippen LogP contribution in [-0.2, 0) is 9.05 Å². The van der Waals surface area contributed by atoms with Crippen LogP contribution >= 0.6 is 33.9 Å². The fourth-order valence-electron chi connectivity index (χ4n) is 2.16. The van der Waals surface area contributed by atoms with Crippen LogP contribution in [-0.4, -0.2) is 20.4 Å². The molecule has 1 aliphatic carbocycles. The lowest BCUT2D eigenvalue weighted by molar-refractivity contribution is 0.0896. The van der Waals surface area contributed by atoms with Gasteiger partial charge in [0.1, 0.15) is 4.90 Å². The maximum absolute atomic E-state index is 12.0. The molecule has 0 radical (unpaired) electrons. The van der Waals surface area contributed by atoms with Gasteiger partial charge in [-0.2, -0.15) is 0 Å². The molecule has 0 aromatic heterocycles. The molecule has 0 unspecified atom stereocenters. The van der Waals surface area contributed by atoms with Crippen molar-refractivity contribution in [3.8, 4) is 0 Å². The molecule has 0 spiro atoms. The van der Waals surface area contributed by atoms with E-state index >= 15 is 0 Å². The third kappa shape index (κ3) is 3.39. The molecule has 8 heteroatoms. The lowest BCUT2D eigenvalue weighted by Gasteiger charge is -2.33. The topological polar surface area (TPSA) is 63.2 Å². The average molecular weight is 357 g/mol. The Morgan fingerprint density at radius 1 is 1.30 bits per heavy atom. The van der Waals surface area contributed by atoms with Gasteiger partial charge in [0, 0.05) is 22.3 Å². The van der Waals surface area contributed by atoms with Gasteiger partial charge in [-0.05, 0) is 30.9 Å². The molecule has 1 saturated carbocycles. The van der Waals surface area contributed by atoms with E-state index in [-0.39, 0.29) is 32.5 Å². The van der Waals surface area contributed by atoms with Crippen molar-refractivity contribution in [1.82, 2.24) is 5.32 Å². The smallest absolute Gasteiger partial charge is 0.262 e. The van der Waals surface area contributed by atoms with Crippen LogP contribution in [0.3, 0.4) is 0 Å². The minimum atomic E-state index is -4.07. The monoisotopic (exact) mass is 355 g/mol. The van der Waals surface area contributed by atoms with Crippen LogP contribution in [0, 0.1) is 5.92 Å². The van der Waals surface area contributed by atoms with E-state index in [2.05, 4.69) is 12.2 Å². The fourth-order valence-corrected chi connectivity index (χ4v) is 3.93. The minimum Gasteiger partial charge on any atom is -0.349 e. The molecular weight excluding hydrogens is 345 g/mol. The lowest BCUT2D eigenvalue weighted by atomic mass is 9.82. The van der Waals surface area contributed by atoms with Crippen molar-refractivity contribution >= 4 is 48.8 Å². The van der Waals surface area contributed by atoms with E-state index in [1.54, 1.807) is 0 Å². The Balaban J connectivity index is 2.28. The van der Waals surface area contributed by atoms with Crippen molar-refractivity contribution in [1.29, 1.82) is 0 Å². The molecular formula is C12H12Cl3NO3S. The van der Waals surface area contributed by atoms with E-state index in [4.69, 9.17) is 33.9 Å². The minimum absolute atomic E-state index is 0.0273. The van der Waals surface area contributed by atoms with Gasteiger partial charge in [-0.3, -0.25) is 4.79 Å². The van der Waals surface area contributed by atoms with E-state index in [0.29, 0.717) is 5.92 Å². The molecule has 4 nitrogen and oxygen atoms in total. The number of hydrogen-bond donors (Lipinski definition) is 1. The molecule has 1 amide bonds. The molecule has 1 aromatic rings. The zero-order valence-electron chi connectivity index (χ0n) is 10.5. The van der Waals surface area contributed by atoms with Crippen LogP contribution in [0.15, 0.2) is 17.0 Å². The summed E-state index contributed by atoms with van der Waals surface area (Å²) in [7, 11) is 1.21. The van der Waals surface area contributed by atoms with Crippen molar-refractivity contribution in [2.45, 2.75) is 30.7 Å². The summed E-state index contributed by atoms with van der Waals surface area (Å²) in [5.74, 6) is 0.204. The molecule has 0 bridgehead atoms. The second kappa shape index (κ2) is 5.72. The summed E-state index contributed by atoms with van der Waals surface area (Å²) >= 11 is 11.6. The zero-order valence-corrected chi connectivity index (χ0v) is 13.6. The van der Waals surface area contributed by atoms with Gasteiger partial charge in [-0.15, -0.1) is 0 Å². The average Bonchev–Trinajstić information content (AvgIpc) is 2.28. The largest absolute Gasteiger partial charge is 0.349 e. The first-order valence-corrected chi connectivity index (χ1v) is 8.99. The standard InChI is InChI=1S/C12H12Cl3NO3S/c1-6-2-8(3-6)16-12(17)7-4-9(13)11(14)10(5-7)20(15,18)19/h4-6,8H,2-3H2,1H3,(H,16,17). The van der Waals surface area contributed by atoms with Gasteiger partial charge < -0.3 is 5.32 Å². The van der Waals surface area contributed by atoms with Gasteiger partial charge >= 0.3 is 0 Å². The fraction of sp³-hybridized carbons (Fsp3) is 0.417. The summed E-state index contributed by atoms with van der Waals surface area (Å²) in [5.41, 5.74) is 0.123. The molecule has 1 aliphatic rings. The first kappa shape index (κ1) is 15.9. The Morgan fingerprint density at radius 2 is 1.90 bits per heavy atom. The maximum Gasteiger partial charge on any atom is 0.262 e. The molecule has 1 N–H and O–H groups in total. The number of halogens is 3. The quantitative estimate of drug-likeness (QED) is 0.844. The summed E-state index contributed by atoms with van der Waals surface area (Å²) in [6.45, 7) is 2.10. The number of nitrogens with one attached hydrogen (secondary N) is 1. The molecule has 0 heterocycles. The number of amides is 1. The highest BCUT2D eigenvalue weighted by Crippen LogP contribution is 2.33. The highest BCUT2D eigenvalue weighted by Gasteiger charge is 2.28. The van der Waals surface area contributed by atoms with Crippen LogP contribution in [0.2, 0.25) is 10.0 Å². The number of carbonyl (C=O) groups is 1. The summed E-state index contributed by atoms with van der Waals surface area (Å²) in [6, 6.07) is 2.57. The van der Waals surface area contributed by atoms with Gasteiger partial charge in [0.2, 0.25) is 0 Å². The predicted molar refractivity (Wildman–Crippen MR) is 79.2 cm³/mol. The van der Waals surface area contributed by atoms with Crippen LogP contribution in [0.5, 0.6) is 0 Å². The lowest BCUT2D eigenvalue weighted by Crippen LogP contribution is -2.43. The van der Waals surface area contributed by atoms with Crippen LogP contribution in [0.4, 0.5) is 0 Å². The van der Waals surface area contributed by atoms with Crippen LogP contribution < -0.4 is 5.32 Å². The van der Waals surface area contributed by atoms with Gasteiger partial charge in [0.15, 0.2) is 0 Å². The van der Waals surface area contributed by atoms with Crippen LogP contribution in [0.25, 0.3) is 0 Å². The first-order valence-electron chi connectivity index (χ1n) is 5.93. The number of benzene rings is 1. The van der Waals surface area contributed by atoms with E-state index in [1.165, 1.54) is 6.07 Å².